The highest BCUT2D eigenvalue weighted by Crippen LogP contribution is 1.99. The van der Waals surface area contributed by atoms with Crippen molar-refractivity contribution in [3.63, 3.8) is 0 Å². The summed E-state index contributed by atoms with van der Waals surface area (Å²) in [6.07, 6.45) is 1.85. The van der Waals surface area contributed by atoms with Crippen molar-refractivity contribution in [1.82, 2.24) is 0 Å². The first-order valence-corrected chi connectivity index (χ1v) is 3.98. The van der Waals surface area contributed by atoms with E-state index in [9.17, 15) is 0 Å². The lowest BCUT2D eigenvalue weighted by Gasteiger charge is -2.14. The Morgan fingerprint density at radius 3 is 2.40 bits per heavy atom. The van der Waals surface area contributed by atoms with Crippen molar-refractivity contribution in [2.45, 2.75) is 45.8 Å². The molecule has 0 amide bonds. The Morgan fingerprint density at radius 2 is 2.00 bits per heavy atom. The number of rotatable bonds is 5. The fourth-order valence-electron chi connectivity index (χ4n) is 0.553. The molecule has 0 aliphatic heterocycles. The first kappa shape index (κ1) is 9.92. The SMILES string of the molecule is CCCCOC(C)C(C)O. The van der Waals surface area contributed by atoms with Gasteiger partial charge in [0.1, 0.15) is 0 Å². The monoisotopic (exact) mass is 146 g/mol. The lowest BCUT2D eigenvalue weighted by atomic mass is 10.2. The minimum atomic E-state index is -0.350. The van der Waals surface area contributed by atoms with Gasteiger partial charge in [-0.1, -0.05) is 13.3 Å². The minimum Gasteiger partial charge on any atom is -0.391 e. The molecule has 0 aromatic carbocycles. The van der Waals surface area contributed by atoms with E-state index < -0.39 is 0 Å². The normalized spacial score (nSPS) is 16.8. The molecule has 0 aliphatic rings. The Hall–Kier alpha value is -0.0800. The fourth-order valence-corrected chi connectivity index (χ4v) is 0.553. The summed E-state index contributed by atoms with van der Waals surface area (Å²) in [5, 5.41) is 9.00. The highest BCUT2D eigenvalue weighted by Gasteiger charge is 2.06. The number of hydrogen-bond donors (Lipinski definition) is 1. The van der Waals surface area contributed by atoms with Crippen LogP contribution in [-0.2, 0) is 4.74 Å². The minimum absolute atomic E-state index is 0.0217. The van der Waals surface area contributed by atoms with E-state index >= 15 is 0 Å². The Labute approximate surface area is 63.2 Å². The number of aliphatic hydroxyl groups is 1. The van der Waals surface area contributed by atoms with Crippen LogP contribution in [0.4, 0.5) is 0 Å². The van der Waals surface area contributed by atoms with E-state index in [4.69, 9.17) is 9.84 Å². The summed E-state index contributed by atoms with van der Waals surface area (Å²) in [6, 6.07) is 0. The van der Waals surface area contributed by atoms with Crippen LogP contribution in [0.2, 0.25) is 0 Å². The summed E-state index contributed by atoms with van der Waals surface area (Å²) >= 11 is 0. The molecular formula is C8H18O2. The van der Waals surface area contributed by atoms with Crippen LogP contribution in [0.1, 0.15) is 33.6 Å². The third-order valence-corrected chi connectivity index (χ3v) is 1.56. The summed E-state index contributed by atoms with van der Waals surface area (Å²) in [4.78, 5) is 0. The van der Waals surface area contributed by atoms with Gasteiger partial charge in [0.25, 0.3) is 0 Å². The lowest BCUT2D eigenvalue weighted by molar-refractivity contribution is -0.0190. The van der Waals surface area contributed by atoms with E-state index in [1.807, 2.05) is 6.92 Å². The zero-order chi connectivity index (χ0) is 7.98. The average Bonchev–Trinajstić information content (AvgIpc) is 1.88. The molecule has 0 aromatic heterocycles. The van der Waals surface area contributed by atoms with Gasteiger partial charge in [0.2, 0.25) is 0 Å². The number of unbranched alkanes of at least 4 members (excludes halogenated alkanes) is 1. The third-order valence-electron chi connectivity index (χ3n) is 1.56. The van der Waals surface area contributed by atoms with Crippen LogP contribution in [0.15, 0.2) is 0 Å². The Balaban J connectivity index is 3.13. The van der Waals surface area contributed by atoms with Crippen LogP contribution in [0.3, 0.4) is 0 Å². The smallest absolute Gasteiger partial charge is 0.0803 e. The van der Waals surface area contributed by atoms with Gasteiger partial charge in [-0.25, -0.2) is 0 Å². The van der Waals surface area contributed by atoms with Crippen LogP contribution in [0, 0.1) is 0 Å². The number of ether oxygens (including phenoxy) is 1. The first-order chi connectivity index (χ1) is 4.68. The standard InChI is InChI=1S/C8H18O2/c1-4-5-6-10-8(3)7(2)9/h7-9H,4-6H2,1-3H3. The fraction of sp³-hybridized carbons (Fsp3) is 1.00. The zero-order valence-corrected chi connectivity index (χ0v) is 7.13. The molecule has 0 fully saturated rings. The molecule has 2 unspecified atom stereocenters. The molecule has 10 heavy (non-hydrogen) atoms. The largest absolute Gasteiger partial charge is 0.391 e. The molecular weight excluding hydrogens is 128 g/mol. The summed E-state index contributed by atoms with van der Waals surface area (Å²) < 4.78 is 5.29. The van der Waals surface area contributed by atoms with Crippen LogP contribution < -0.4 is 0 Å². The molecule has 0 saturated carbocycles. The Bertz CT molecular complexity index is 71.7. The van der Waals surface area contributed by atoms with Gasteiger partial charge in [-0.05, 0) is 20.3 Å². The van der Waals surface area contributed by atoms with Gasteiger partial charge in [0.15, 0.2) is 0 Å². The molecule has 2 atom stereocenters. The molecule has 0 aliphatic carbocycles. The molecule has 0 heterocycles. The molecule has 62 valence electrons. The molecule has 1 N–H and O–H groups in total. The first-order valence-electron chi connectivity index (χ1n) is 3.98. The second-order valence-electron chi connectivity index (χ2n) is 2.67. The number of aliphatic hydroxyl groups excluding tert-OH is 1. The van der Waals surface area contributed by atoms with Crippen molar-refractivity contribution >= 4 is 0 Å². The van der Waals surface area contributed by atoms with Crippen molar-refractivity contribution < 1.29 is 9.84 Å². The van der Waals surface area contributed by atoms with Crippen molar-refractivity contribution in [1.29, 1.82) is 0 Å². The van der Waals surface area contributed by atoms with Crippen LogP contribution in [-0.4, -0.2) is 23.9 Å². The van der Waals surface area contributed by atoms with E-state index in [-0.39, 0.29) is 12.2 Å². The van der Waals surface area contributed by atoms with Crippen molar-refractivity contribution in [3.8, 4) is 0 Å². The second kappa shape index (κ2) is 5.69. The van der Waals surface area contributed by atoms with Gasteiger partial charge >= 0.3 is 0 Å². The molecule has 2 nitrogen and oxygen atoms in total. The lowest BCUT2D eigenvalue weighted by Crippen LogP contribution is -2.22. The van der Waals surface area contributed by atoms with Crippen LogP contribution in [0.25, 0.3) is 0 Å². The van der Waals surface area contributed by atoms with Gasteiger partial charge in [0.05, 0.1) is 12.2 Å². The molecule has 0 spiro atoms. The maximum atomic E-state index is 9.00. The molecule has 0 saturated heterocycles. The number of hydrogen-bond acceptors (Lipinski definition) is 2. The maximum absolute atomic E-state index is 9.00. The van der Waals surface area contributed by atoms with Gasteiger partial charge in [0, 0.05) is 6.61 Å². The van der Waals surface area contributed by atoms with E-state index in [0.717, 1.165) is 19.4 Å². The van der Waals surface area contributed by atoms with E-state index in [2.05, 4.69) is 6.92 Å². The van der Waals surface area contributed by atoms with E-state index in [0.29, 0.717) is 0 Å². The molecule has 0 rings (SSSR count). The molecule has 2 heteroatoms. The topological polar surface area (TPSA) is 29.5 Å². The third kappa shape index (κ3) is 4.77. The summed E-state index contributed by atoms with van der Waals surface area (Å²) in [6.45, 7) is 6.52. The zero-order valence-electron chi connectivity index (χ0n) is 7.13. The van der Waals surface area contributed by atoms with Crippen molar-refractivity contribution in [2.24, 2.45) is 0 Å². The van der Waals surface area contributed by atoms with Gasteiger partial charge < -0.3 is 9.84 Å². The summed E-state index contributed by atoms with van der Waals surface area (Å²) in [5.41, 5.74) is 0. The molecule has 0 bridgehead atoms. The summed E-state index contributed by atoms with van der Waals surface area (Å²) in [7, 11) is 0. The highest BCUT2D eigenvalue weighted by molar-refractivity contribution is 4.56. The quantitative estimate of drug-likeness (QED) is 0.597. The predicted molar refractivity (Wildman–Crippen MR) is 42.0 cm³/mol. The Kier molecular flexibility index (Phi) is 5.64. The van der Waals surface area contributed by atoms with Gasteiger partial charge in [-0.3, -0.25) is 0 Å². The maximum Gasteiger partial charge on any atom is 0.0803 e. The Morgan fingerprint density at radius 1 is 1.40 bits per heavy atom. The van der Waals surface area contributed by atoms with E-state index in [1.165, 1.54) is 0 Å². The molecule has 0 aromatic rings. The van der Waals surface area contributed by atoms with E-state index in [1.54, 1.807) is 6.92 Å². The average molecular weight is 146 g/mol. The van der Waals surface area contributed by atoms with Gasteiger partial charge in [-0.15, -0.1) is 0 Å². The second-order valence-corrected chi connectivity index (χ2v) is 2.67. The van der Waals surface area contributed by atoms with Crippen molar-refractivity contribution in [3.05, 3.63) is 0 Å². The highest BCUT2D eigenvalue weighted by atomic mass is 16.5. The summed E-state index contributed by atoms with van der Waals surface area (Å²) in [5.74, 6) is 0. The van der Waals surface area contributed by atoms with Crippen molar-refractivity contribution in [2.75, 3.05) is 6.61 Å². The van der Waals surface area contributed by atoms with Crippen LogP contribution >= 0.6 is 0 Å². The van der Waals surface area contributed by atoms with Gasteiger partial charge in [-0.2, -0.15) is 0 Å². The van der Waals surface area contributed by atoms with Crippen LogP contribution in [0.5, 0.6) is 0 Å². The molecule has 0 radical (unpaired) electrons. The predicted octanol–water partition coefficient (Wildman–Crippen LogP) is 1.57.